The van der Waals surface area contributed by atoms with E-state index < -0.39 is 11.9 Å². The van der Waals surface area contributed by atoms with Crippen LogP contribution in [0.4, 0.5) is 0 Å². The number of carboxylic acids is 1. The highest BCUT2D eigenvalue weighted by atomic mass is 16.5. The zero-order chi connectivity index (χ0) is 16.5. The Hall–Kier alpha value is -3.34. The van der Waals surface area contributed by atoms with E-state index in [1.807, 2.05) is 6.07 Å². The average Bonchev–Trinajstić information content (AvgIpc) is 2.54. The van der Waals surface area contributed by atoms with Gasteiger partial charge in [0, 0.05) is 6.08 Å². The molecule has 5 heteroatoms. The van der Waals surface area contributed by atoms with E-state index in [0.717, 1.165) is 12.2 Å². The van der Waals surface area contributed by atoms with E-state index in [9.17, 15) is 9.59 Å². The molecule has 2 aromatic rings. The Bertz CT molecular complexity index is 718. The minimum absolute atomic E-state index is 0.0551. The van der Waals surface area contributed by atoms with Crippen LogP contribution < -0.4 is 9.47 Å². The summed E-state index contributed by atoms with van der Waals surface area (Å²) in [4.78, 5) is 22.5. The van der Waals surface area contributed by atoms with Gasteiger partial charge in [0.15, 0.2) is 0 Å². The molecule has 0 saturated heterocycles. The number of carbonyl (C=O) groups is 2. The number of para-hydroxylation sites is 2. The molecule has 0 amide bonds. The molecule has 0 aliphatic heterocycles. The van der Waals surface area contributed by atoms with E-state index in [2.05, 4.69) is 0 Å². The predicted molar refractivity (Wildman–Crippen MR) is 84.0 cm³/mol. The predicted octanol–water partition coefficient (Wildman–Crippen LogP) is 3.20. The van der Waals surface area contributed by atoms with E-state index >= 15 is 0 Å². The van der Waals surface area contributed by atoms with Gasteiger partial charge in [-0.1, -0.05) is 36.4 Å². The molecule has 0 unspecified atom stereocenters. The standard InChI is InChI=1S/C18H14O5/c19-17(20)12-11-16(22-14-7-3-1-4-8-14)13-18(21)23-15-9-5-2-6-10-15/h1-13H,(H,19,20)/b12-11-,16-13+. The number of benzene rings is 2. The third-order valence-corrected chi connectivity index (χ3v) is 2.59. The van der Waals surface area contributed by atoms with Gasteiger partial charge in [0.05, 0.1) is 6.08 Å². The quantitative estimate of drug-likeness (QED) is 0.292. The molecular weight excluding hydrogens is 296 g/mol. The van der Waals surface area contributed by atoms with E-state index in [1.54, 1.807) is 54.6 Å². The highest BCUT2D eigenvalue weighted by molar-refractivity contribution is 5.86. The Morgan fingerprint density at radius 1 is 0.783 bits per heavy atom. The molecule has 0 spiro atoms. The number of esters is 1. The summed E-state index contributed by atoms with van der Waals surface area (Å²) in [6, 6.07) is 17.2. The third-order valence-electron chi connectivity index (χ3n) is 2.59. The summed E-state index contributed by atoms with van der Waals surface area (Å²) in [5.74, 6) is -0.906. The number of hydrogen-bond acceptors (Lipinski definition) is 4. The summed E-state index contributed by atoms with van der Waals surface area (Å²) in [5.41, 5.74) is 0. The van der Waals surface area contributed by atoms with Crippen LogP contribution in [0.2, 0.25) is 0 Å². The molecule has 5 nitrogen and oxygen atoms in total. The largest absolute Gasteiger partial charge is 0.478 e. The molecule has 0 fully saturated rings. The van der Waals surface area contributed by atoms with Crippen molar-refractivity contribution in [3.05, 3.63) is 84.7 Å². The van der Waals surface area contributed by atoms with Gasteiger partial charge in [0.25, 0.3) is 0 Å². The van der Waals surface area contributed by atoms with Gasteiger partial charge in [-0.15, -0.1) is 0 Å². The first-order valence-corrected chi connectivity index (χ1v) is 6.76. The molecule has 2 rings (SSSR count). The van der Waals surface area contributed by atoms with Crippen LogP contribution in [0.15, 0.2) is 84.7 Å². The fraction of sp³-hybridized carbons (Fsp3) is 0. The van der Waals surface area contributed by atoms with Crippen LogP contribution >= 0.6 is 0 Å². The molecule has 23 heavy (non-hydrogen) atoms. The molecule has 116 valence electrons. The molecule has 0 aliphatic rings. The van der Waals surface area contributed by atoms with E-state index in [1.165, 1.54) is 6.08 Å². The Balaban J connectivity index is 2.14. The SMILES string of the molecule is O=C(O)/C=C\C(=C/C(=O)Oc1ccccc1)Oc1ccccc1. The van der Waals surface area contributed by atoms with Gasteiger partial charge in [-0.2, -0.15) is 0 Å². The minimum atomic E-state index is -1.15. The lowest BCUT2D eigenvalue weighted by molar-refractivity contribution is -0.131. The van der Waals surface area contributed by atoms with Crippen molar-refractivity contribution in [1.82, 2.24) is 0 Å². The van der Waals surface area contributed by atoms with Gasteiger partial charge in [0.1, 0.15) is 17.3 Å². The molecule has 1 N–H and O–H groups in total. The van der Waals surface area contributed by atoms with Crippen molar-refractivity contribution in [3.63, 3.8) is 0 Å². The minimum Gasteiger partial charge on any atom is -0.478 e. The van der Waals surface area contributed by atoms with Crippen molar-refractivity contribution >= 4 is 11.9 Å². The van der Waals surface area contributed by atoms with E-state index in [4.69, 9.17) is 14.6 Å². The Kier molecular flexibility index (Phi) is 5.71. The van der Waals surface area contributed by atoms with Crippen molar-refractivity contribution in [2.75, 3.05) is 0 Å². The molecular formula is C18H14O5. The van der Waals surface area contributed by atoms with Crippen LogP contribution in [0.1, 0.15) is 0 Å². The number of carboxylic acid groups (broad SMARTS) is 1. The summed E-state index contributed by atoms with van der Waals surface area (Å²) < 4.78 is 10.6. The number of rotatable bonds is 6. The molecule has 0 atom stereocenters. The Morgan fingerprint density at radius 2 is 1.30 bits per heavy atom. The molecule has 0 radical (unpaired) electrons. The van der Waals surface area contributed by atoms with Crippen LogP contribution in [-0.4, -0.2) is 17.0 Å². The zero-order valence-corrected chi connectivity index (χ0v) is 12.1. The van der Waals surface area contributed by atoms with Gasteiger partial charge in [-0.3, -0.25) is 0 Å². The molecule has 0 aliphatic carbocycles. The molecule has 0 heterocycles. The maximum Gasteiger partial charge on any atom is 0.339 e. The highest BCUT2D eigenvalue weighted by Gasteiger charge is 2.05. The first kappa shape index (κ1) is 16.0. The number of carbonyl (C=O) groups excluding carboxylic acids is 1. The van der Waals surface area contributed by atoms with Crippen molar-refractivity contribution in [2.45, 2.75) is 0 Å². The fourth-order valence-electron chi connectivity index (χ4n) is 1.64. The van der Waals surface area contributed by atoms with Crippen molar-refractivity contribution in [1.29, 1.82) is 0 Å². The molecule has 0 saturated carbocycles. The van der Waals surface area contributed by atoms with Crippen molar-refractivity contribution in [2.24, 2.45) is 0 Å². The highest BCUT2D eigenvalue weighted by Crippen LogP contribution is 2.14. The van der Waals surface area contributed by atoms with Gasteiger partial charge >= 0.3 is 11.9 Å². The van der Waals surface area contributed by atoms with Crippen LogP contribution in [0.5, 0.6) is 11.5 Å². The summed E-state index contributed by atoms with van der Waals surface area (Å²) in [6.45, 7) is 0. The second-order valence-corrected chi connectivity index (χ2v) is 4.37. The second-order valence-electron chi connectivity index (χ2n) is 4.37. The number of aliphatic carboxylic acids is 1. The monoisotopic (exact) mass is 310 g/mol. The van der Waals surface area contributed by atoms with Crippen molar-refractivity contribution in [3.8, 4) is 11.5 Å². The lowest BCUT2D eigenvalue weighted by Gasteiger charge is -2.06. The number of hydrogen-bond donors (Lipinski definition) is 1. The topological polar surface area (TPSA) is 72.8 Å². The maximum atomic E-state index is 11.9. The van der Waals surface area contributed by atoms with E-state index in [0.29, 0.717) is 11.5 Å². The first-order chi connectivity index (χ1) is 11.1. The van der Waals surface area contributed by atoms with Crippen molar-refractivity contribution < 1.29 is 24.2 Å². The third kappa shape index (κ3) is 5.89. The van der Waals surface area contributed by atoms with Gasteiger partial charge < -0.3 is 14.6 Å². The van der Waals surface area contributed by atoms with Crippen LogP contribution in [-0.2, 0) is 9.59 Å². The molecule has 0 bridgehead atoms. The lowest BCUT2D eigenvalue weighted by Crippen LogP contribution is -2.07. The summed E-state index contributed by atoms with van der Waals surface area (Å²) in [6.07, 6.45) is 3.14. The number of allylic oxidation sites excluding steroid dienone is 1. The first-order valence-electron chi connectivity index (χ1n) is 6.76. The van der Waals surface area contributed by atoms with E-state index in [-0.39, 0.29) is 5.76 Å². The average molecular weight is 310 g/mol. The summed E-state index contributed by atoms with van der Waals surface area (Å²) >= 11 is 0. The van der Waals surface area contributed by atoms with Crippen LogP contribution in [0.3, 0.4) is 0 Å². The fourth-order valence-corrected chi connectivity index (χ4v) is 1.64. The zero-order valence-electron chi connectivity index (χ0n) is 12.1. The maximum absolute atomic E-state index is 11.9. The second kappa shape index (κ2) is 8.19. The lowest BCUT2D eigenvalue weighted by atomic mass is 10.3. The summed E-state index contributed by atoms with van der Waals surface area (Å²) in [5, 5.41) is 8.71. The van der Waals surface area contributed by atoms with Gasteiger partial charge in [-0.05, 0) is 30.3 Å². The summed E-state index contributed by atoms with van der Waals surface area (Å²) in [7, 11) is 0. The smallest absolute Gasteiger partial charge is 0.339 e. The normalized spacial score (nSPS) is 11.2. The van der Waals surface area contributed by atoms with Gasteiger partial charge in [-0.25, -0.2) is 9.59 Å². The molecule has 2 aromatic carbocycles. The Morgan fingerprint density at radius 3 is 1.83 bits per heavy atom. The number of ether oxygens (including phenoxy) is 2. The Labute approximate surface area is 133 Å². The molecule has 0 aromatic heterocycles. The van der Waals surface area contributed by atoms with Crippen LogP contribution in [0, 0.1) is 0 Å². The van der Waals surface area contributed by atoms with Crippen LogP contribution in [0.25, 0.3) is 0 Å². The van der Waals surface area contributed by atoms with Gasteiger partial charge in [0.2, 0.25) is 0 Å².